The lowest BCUT2D eigenvalue weighted by Gasteiger charge is -2.14. The number of aromatic nitrogens is 1. The van der Waals surface area contributed by atoms with E-state index in [2.05, 4.69) is 4.98 Å². The first-order valence-corrected chi connectivity index (χ1v) is 5.25. The van der Waals surface area contributed by atoms with E-state index in [0.29, 0.717) is 10.7 Å². The molecular weight excluding hydrogens is 234 g/mol. The molecule has 0 aliphatic carbocycles. The van der Waals surface area contributed by atoms with Gasteiger partial charge in [0.25, 0.3) is 0 Å². The van der Waals surface area contributed by atoms with Crippen LogP contribution in [0.4, 0.5) is 0 Å². The smallest absolute Gasteiger partial charge is 0.129 e. The molecule has 3 N–H and O–H groups in total. The lowest BCUT2D eigenvalue weighted by atomic mass is 10.0. The van der Waals surface area contributed by atoms with Gasteiger partial charge in [0.15, 0.2) is 0 Å². The van der Waals surface area contributed by atoms with E-state index in [1.807, 2.05) is 0 Å². The maximum atomic E-state index is 9.73. The lowest BCUT2D eigenvalue weighted by Crippen LogP contribution is -2.32. The second-order valence-electron chi connectivity index (χ2n) is 3.67. The molecule has 16 heavy (non-hydrogen) atoms. The third-order valence-electron chi connectivity index (χ3n) is 2.62. The summed E-state index contributed by atoms with van der Waals surface area (Å²) in [6.07, 6.45) is -2.14. The second kappa shape index (κ2) is 4.65. The van der Waals surface area contributed by atoms with Crippen molar-refractivity contribution in [1.29, 1.82) is 0 Å². The Morgan fingerprint density at radius 1 is 1.31 bits per heavy atom. The van der Waals surface area contributed by atoms with Crippen molar-refractivity contribution < 1.29 is 20.1 Å². The fourth-order valence-electron chi connectivity index (χ4n) is 1.73. The van der Waals surface area contributed by atoms with Crippen molar-refractivity contribution in [1.82, 2.24) is 4.98 Å². The van der Waals surface area contributed by atoms with Gasteiger partial charge in [-0.15, -0.1) is 0 Å². The van der Waals surface area contributed by atoms with Gasteiger partial charge in [-0.25, -0.2) is 4.98 Å². The van der Waals surface area contributed by atoms with Crippen LogP contribution in [0.2, 0.25) is 5.15 Å². The van der Waals surface area contributed by atoms with Gasteiger partial charge in [-0.2, -0.15) is 0 Å². The summed E-state index contributed by atoms with van der Waals surface area (Å²) in [5.74, 6) is 0. The minimum absolute atomic E-state index is 0.338. The van der Waals surface area contributed by atoms with Crippen LogP contribution >= 0.6 is 11.6 Å². The molecule has 0 bridgehead atoms. The molecule has 0 saturated carbocycles. The largest absolute Gasteiger partial charge is 0.394 e. The molecule has 0 spiro atoms. The molecular formula is C10H12ClNO4. The molecule has 5 nitrogen and oxygen atoms in total. The molecule has 2 heterocycles. The lowest BCUT2D eigenvalue weighted by molar-refractivity contribution is -0.0228. The molecule has 1 saturated heterocycles. The molecule has 4 atom stereocenters. The van der Waals surface area contributed by atoms with E-state index in [1.54, 1.807) is 12.1 Å². The summed E-state index contributed by atoms with van der Waals surface area (Å²) < 4.78 is 5.33. The van der Waals surface area contributed by atoms with E-state index in [-0.39, 0.29) is 6.61 Å². The highest BCUT2D eigenvalue weighted by Gasteiger charge is 2.42. The maximum Gasteiger partial charge on any atom is 0.129 e. The SMILES string of the molecule is OC[C@H]1O[C@@H](c2ccc(Cl)nc2)[C@H](O)[C@@H]1O. The van der Waals surface area contributed by atoms with E-state index in [9.17, 15) is 10.2 Å². The third kappa shape index (κ3) is 2.05. The van der Waals surface area contributed by atoms with Gasteiger partial charge in [0.2, 0.25) is 0 Å². The number of hydrogen-bond donors (Lipinski definition) is 3. The predicted molar refractivity (Wildman–Crippen MR) is 56.0 cm³/mol. The fraction of sp³-hybridized carbons (Fsp3) is 0.500. The summed E-state index contributed by atoms with van der Waals surface area (Å²) in [6, 6.07) is 3.24. The zero-order chi connectivity index (χ0) is 11.7. The van der Waals surface area contributed by atoms with Crippen LogP contribution in [-0.2, 0) is 4.74 Å². The van der Waals surface area contributed by atoms with Crippen LogP contribution < -0.4 is 0 Å². The molecule has 0 amide bonds. The Balaban J connectivity index is 2.19. The van der Waals surface area contributed by atoms with E-state index >= 15 is 0 Å². The van der Waals surface area contributed by atoms with Gasteiger partial charge < -0.3 is 20.1 Å². The first-order chi connectivity index (χ1) is 7.63. The molecule has 2 rings (SSSR count). The molecule has 6 heteroatoms. The Morgan fingerprint density at radius 2 is 2.06 bits per heavy atom. The predicted octanol–water partition coefficient (Wildman–Crippen LogP) is -0.111. The average Bonchev–Trinajstić information content (AvgIpc) is 2.57. The molecule has 1 aromatic heterocycles. The molecule has 88 valence electrons. The number of nitrogens with zero attached hydrogens (tertiary/aromatic N) is 1. The Morgan fingerprint density at radius 3 is 2.56 bits per heavy atom. The normalized spacial score (nSPS) is 34.2. The number of halogens is 1. The van der Waals surface area contributed by atoms with Crippen molar-refractivity contribution in [3.05, 3.63) is 29.0 Å². The van der Waals surface area contributed by atoms with Crippen molar-refractivity contribution in [3.63, 3.8) is 0 Å². The summed E-state index contributed by atoms with van der Waals surface area (Å²) in [7, 11) is 0. The highest BCUT2D eigenvalue weighted by atomic mass is 35.5. The average molecular weight is 246 g/mol. The summed E-state index contributed by atoms with van der Waals surface area (Å²) in [5, 5.41) is 28.6. The molecule has 1 aliphatic rings. The van der Waals surface area contributed by atoms with E-state index in [4.69, 9.17) is 21.4 Å². The van der Waals surface area contributed by atoms with Crippen LogP contribution in [0.15, 0.2) is 18.3 Å². The van der Waals surface area contributed by atoms with Gasteiger partial charge in [-0.3, -0.25) is 0 Å². The Labute approximate surface area is 97.3 Å². The highest BCUT2D eigenvalue weighted by molar-refractivity contribution is 6.29. The van der Waals surface area contributed by atoms with Crippen molar-refractivity contribution in [2.45, 2.75) is 24.4 Å². The van der Waals surface area contributed by atoms with E-state index in [1.165, 1.54) is 6.20 Å². The topological polar surface area (TPSA) is 82.8 Å². The van der Waals surface area contributed by atoms with Crippen molar-refractivity contribution in [3.8, 4) is 0 Å². The Hall–Kier alpha value is -0.720. The van der Waals surface area contributed by atoms with Crippen molar-refractivity contribution in [2.24, 2.45) is 0 Å². The number of pyridine rings is 1. The standard InChI is InChI=1S/C10H12ClNO4/c11-7-2-1-5(3-12-7)10-9(15)8(14)6(4-13)16-10/h1-3,6,8-10,13-15H,4H2/t6-,8-,9-,10+/m1/s1. The van der Waals surface area contributed by atoms with Crippen LogP contribution in [0.1, 0.15) is 11.7 Å². The molecule has 1 aromatic rings. The van der Waals surface area contributed by atoms with Crippen LogP contribution in [0.5, 0.6) is 0 Å². The molecule has 0 aromatic carbocycles. The van der Waals surface area contributed by atoms with Gasteiger partial charge >= 0.3 is 0 Å². The van der Waals surface area contributed by atoms with Crippen LogP contribution in [0.3, 0.4) is 0 Å². The quantitative estimate of drug-likeness (QED) is 0.634. The van der Waals surface area contributed by atoms with Gasteiger partial charge in [0.1, 0.15) is 29.6 Å². The summed E-state index contributed by atoms with van der Waals surface area (Å²) in [4.78, 5) is 3.86. The number of rotatable bonds is 2. The van der Waals surface area contributed by atoms with Gasteiger partial charge in [0, 0.05) is 11.8 Å². The molecule has 0 radical (unpaired) electrons. The maximum absolute atomic E-state index is 9.73. The minimum Gasteiger partial charge on any atom is -0.394 e. The number of aliphatic hydroxyl groups excluding tert-OH is 3. The van der Waals surface area contributed by atoms with E-state index < -0.39 is 24.4 Å². The number of aliphatic hydroxyl groups is 3. The summed E-state index contributed by atoms with van der Waals surface area (Å²) in [5.41, 5.74) is 0.618. The monoisotopic (exact) mass is 245 g/mol. The van der Waals surface area contributed by atoms with Gasteiger partial charge in [-0.05, 0) is 6.07 Å². The van der Waals surface area contributed by atoms with Crippen molar-refractivity contribution in [2.75, 3.05) is 6.61 Å². The third-order valence-corrected chi connectivity index (χ3v) is 2.84. The fourth-order valence-corrected chi connectivity index (χ4v) is 1.84. The Bertz CT molecular complexity index is 358. The molecule has 1 fully saturated rings. The molecule has 0 unspecified atom stereocenters. The van der Waals surface area contributed by atoms with Crippen LogP contribution in [-0.4, -0.2) is 45.2 Å². The van der Waals surface area contributed by atoms with Crippen LogP contribution in [0.25, 0.3) is 0 Å². The highest BCUT2D eigenvalue weighted by Crippen LogP contribution is 2.33. The van der Waals surface area contributed by atoms with E-state index in [0.717, 1.165) is 0 Å². The summed E-state index contributed by atoms with van der Waals surface area (Å²) >= 11 is 5.64. The minimum atomic E-state index is -1.09. The zero-order valence-electron chi connectivity index (χ0n) is 8.32. The van der Waals surface area contributed by atoms with Crippen molar-refractivity contribution >= 4 is 11.6 Å². The van der Waals surface area contributed by atoms with Crippen LogP contribution in [0, 0.1) is 0 Å². The number of ether oxygens (including phenoxy) is 1. The zero-order valence-corrected chi connectivity index (χ0v) is 9.08. The summed E-state index contributed by atoms with van der Waals surface area (Å²) in [6.45, 7) is -0.338. The second-order valence-corrected chi connectivity index (χ2v) is 4.06. The molecule has 1 aliphatic heterocycles. The first-order valence-electron chi connectivity index (χ1n) is 4.87. The van der Waals surface area contributed by atoms with Gasteiger partial charge in [0.05, 0.1) is 6.61 Å². The Kier molecular flexibility index (Phi) is 3.41. The number of hydrogen-bond acceptors (Lipinski definition) is 5. The first kappa shape index (κ1) is 11.8. The van der Waals surface area contributed by atoms with Gasteiger partial charge in [-0.1, -0.05) is 17.7 Å².